The van der Waals surface area contributed by atoms with Crippen LogP contribution in [0.2, 0.25) is 0 Å². The van der Waals surface area contributed by atoms with E-state index >= 15 is 0 Å². The fourth-order valence-electron chi connectivity index (χ4n) is 2.51. The first-order valence-corrected chi connectivity index (χ1v) is 10.6. The Balaban J connectivity index is 1.71. The molecule has 0 bridgehead atoms. The van der Waals surface area contributed by atoms with Crippen molar-refractivity contribution >= 4 is 43.9 Å². The Bertz CT molecular complexity index is 939. The van der Waals surface area contributed by atoms with Gasteiger partial charge in [-0.25, -0.2) is 18.2 Å². The van der Waals surface area contributed by atoms with E-state index in [4.69, 9.17) is 0 Å². The third kappa shape index (κ3) is 3.86. The van der Waals surface area contributed by atoms with E-state index in [-0.39, 0.29) is 34.7 Å². The van der Waals surface area contributed by atoms with Gasteiger partial charge in [-0.05, 0) is 12.1 Å². The number of hydrogen-bond donors (Lipinski definition) is 2. The number of sulfone groups is 1. The first-order chi connectivity index (χ1) is 12.4. The van der Waals surface area contributed by atoms with E-state index in [2.05, 4.69) is 15.6 Å². The van der Waals surface area contributed by atoms with E-state index < -0.39 is 9.84 Å². The van der Waals surface area contributed by atoms with Gasteiger partial charge in [-0.3, -0.25) is 9.69 Å². The summed E-state index contributed by atoms with van der Waals surface area (Å²) in [5.74, 6) is -0.417. The maximum atomic E-state index is 12.3. The SMILES string of the molecule is CCS(=O)(=O)c1ccccc1NC(=O)Cc1csc(N2CCNC2=O)n1. The average Bonchev–Trinajstić information content (AvgIpc) is 3.23. The Hall–Kier alpha value is -2.46. The molecule has 1 aliphatic rings. The van der Waals surface area contributed by atoms with Gasteiger partial charge in [0.25, 0.3) is 0 Å². The smallest absolute Gasteiger partial charge is 0.323 e. The van der Waals surface area contributed by atoms with Gasteiger partial charge in [0.1, 0.15) is 0 Å². The van der Waals surface area contributed by atoms with Gasteiger partial charge in [-0.1, -0.05) is 19.1 Å². The lowest BCUT2D eigenvalue weighted by Gasteiger charge is -2.10. The molecule has 0 radical (unpaired) electrons. The molecule has 138 valence electrons. The lowest BCUT2D eigenvalue weighted by molar-refractivity contribution is -0.115. The summed E-state index contributed by atoms with van der Waals surface area (Å²) >= 11 is 1.29. The Kier molecular flexibility index (Phi) is 5.23. The van der Waals surface area contributed by atoms with E-state index in [1.54, 1.807) is 30.5 Å². The van der Waals surface area contributed by atoms with Crippen LogP contribution in [0.3, 0.4) is 0 Å². The molecule has 2 heterocycles. The normalized spacial score (nSPS) is 14.3. The van der Waals surface area contributed by atoms with Gasteiger partial charge >= 0.3 is 6.03 Å². The molecule has 2 aromatic rings. The summed E-state index contributed by atoms with van der Waals surface area (Å²) in [6.07, 6.45) is -0.00747. The molecule has 0 atom stereocenters. The van der Waals surface area contributed by atoms with Crippen LogP contribution >= 0.6 is 11.3 Å². The Morgan fingerprint density at radius 2 is 2.15 bits per heavy atom. The number of para-hydroxylation sites is 1. The highest BCUT2D eigenvalue weighted by molar-refractivity contribution is 7.91. The summed E-state index contributed by atoms with van der Waals surface area (Å²) in [5.41, 5.74) is 0.784. The van der Waals surface area contributed by atoms with Crippen LogP contribution < -0.4 is 15.5 Å². The molecule has 1 aromatic heterocycles. The molecule has 1 saturated heterocycles. The molecule has 26 heavy (non-hydrogen) atoms. The number of amides is 3. The van der Waals surface area contributed by atoms with Crippen LogP contribution in [0, 0.1) is 0 Å². The fraction of sp³-hybridized carbons (Fsp3) is 0.312. The quantitative estimate of drug-likeness (QED) is 0.774. The largest absolute Gasteiger partial charge is 0.336 e. The van der Waals surface area contributed by atoms with Gasteiger partial charge in [-0.2, -0.15) is 0 Å². The van der Waals surface area contributed by atoms with Crippen LogP contribution in [-0.2, 0) is 21.1 Å². The molecule has 0 saturated carbocycles. The third-order valence-electron chi connectivity index (χ3n) is 3.85. The number of thiazole rings is 1. The van der Waals surface area contributed by atoms with Crippen molar-refractivity contribution in [2.75, 3.05) is 29.1 Å². The second-order valence-corrected chi connectivity index (χ2v) is 8.71. The summed E-state index contributed by atoms with van der Waals surface area (Å²) in [6, 6.07) is 6.11. The standard InChI is InChI=1S/C16H18N4O4S2/c1-2-26(23,24)13-6-4-3-5-12(13)19-14(21)9-11-10-25-16(18-11)20-8-7-17-15(20)22/h3-6,10H,2,7-9H2,1H3,(H,17,22)(H,19,21). The Morgan fingerprint density at radius 3 is 2.85 bits per heavy atom. The van der Waals surface area contributed by atoms with Gasteiger partial charge in [-0.15, -0.1) is 11.3 Å². The van der Waals surface area contributed by atoms with Crippen molar-refractivity contribution in [3.63, 3.8) is 0 Å². The van der Waals surface area contributed by atoms with E-state index in [9.17, 15) is 18.0 Å². The van der Waals surface area contributed by atoms with E-state index in [1.165, 1.54) is 22.3 Å². The van der Waals surface area contributed by atoms with Crippen molar-refractivity contribution in [2.45, 2.75) is 18.2 Å². The number of carbonyl (C=O) groups is 2. The predicted molar refractivity (Wildman–Crippen MR) is 99.4 cm³/mol. The van der Waals surface area contributed by atoms with Crippen LogP contribution in [0.4, 0.5) is 15.6 Å². The minimum absolute atomic E-state index is 0.00747. The molecule has 8 nitrogen and oxygen atoms in total. The van der Waals surface area contributed by atoms with E-state index in [1.807, 2.05) is 0 Å². The molecule has 10 heteroatoms. The maximum Gasteiger partial charge on any atom is 0.323 e. The number of anilines is 2. The van der Waals surface area contributed by atoms with Gasteiger partial charge in [0.05, 0.1) is 28.5 Å². The van der Waals surface area contributed by atoms with Crippen molar-refractivity contribution in [2.24, 2.45) is 0 Å². The van der Waals surface area contributed by atoms with Crippen molar-refractivity contribution < 1.29 is 18.0 Å². The number of nitrogens with zero attached hydrogens (tertiary/aromatic N) is 2. The summed E-state index contributed by atoms with van der Waals surface area (Å²) in [4.78, 5) is 29.9. The zero-order valence-corrected chi connectivity index (χ0v) is 15.7. The van der Waals surface area contributed by atoms with Crippen LogP contribution in [0.15, 0.2) is 34.5 Å². The second kappa shape index (κ2) is 7.42. The summed E-state index contributed by atoms with van der Waals surface area (Å²) in [7, 11) is -3.44. The van der Waals surface area contributed by atoms with Crippen LogP contribution in [0.25, 0.3) is 0 Å². The van der Waals surface area contributed by atoms with Crippen LogP contribution in [-0.4, -0.2) is 44.2 Å². The molecule has 1 aliphatic heterocycles. The number of aromatic nitrogens is 1. The predicted octanol–water partition coefficient (Wildman–Crippen LogP) is 1.65. The highest BCUT2D eigenvalue weighted by Crippen LogP contribution is 2.24. The number of nitrogens with one attached hydrogen (secondary N) is 2. The molecule has 1 aromatic carbocycles. The summed E-state index contributed by atoms with van der Waals surface area (Å²) < 4.78 is 24.3. The lowest BCUT2D eigenvalue weighted by atomic mass is 10.3. The van der Waals surface area contributed by atoms with Gasteiger partial charge in [0.2, 0.25) is 5.91 Å². The molecule has 2 N–H and O–H groups in total. The van der Waals surface area contributed by atoms with Crippen LogP contribution in [0.5, 0.6) is 0 Å². The fourth-order valence-corrected chi connectivity index (χ4v) is 4.41. The van der Waals surface area contributed by atoms with Crippen molar-refractivity contribution in [3.05, 3.63) is 35.3 Å². The molecular weight excluding hydrogens is 376 g/mol. The van der Waals surface area contributed by atoms with Crippen LogP contribution in [0.1, 0.15) is 12.6 Å². The zero-order chi connectivity index (χ0) is 18.7. The number of rotatable bonds is 6. The highest BCUT2D eigenvalue weighted by atomic mass is 32.2. The average molecular weight is 394 g/mol. The topological polar surface area (TPSA) is 108 Å². The first-order valence-electron chi connectivity index (χ1n) is 8.02. The lowest BCUT2D eigenvalue weighted by Crippen LogP contribution is -2.27. The monoisotopic (exact) mass is 394 g/mol. The van der Waals surface area contributed by atoms with Gasteiger partial charge in [0.15, 0.2) is 15.0 Å². The summed E-state index contributed by atoms with van der Waals surface area (Å²) in [6.45, 7) is 2.66. The van der Waals surface area contributed by atoms with Crippen molar-refractivity contribution in [1.82, 2.24) is 10.3 Å². The molecule has 0 spiro atoms. The number of benzene rings is 1. The number of urea groups is 1. The molecule has 1 fully saturated rings. The highest BCUT2D eigenvalue weighted by Gasteiger charge is 2.24. The van der Waals surface area contributed by atoms with Gasteiger partial charge in [0, 0.05) is 18.5 Å². The maximum absolute atomic E-state index is 12.3. The zero-order valence-electron chi connectivity index (χ0n) is 14.1. The number of carbonyl (C=O) groups excluding carboxylic acids is 2. The number of hydrogen-bond acceptors (Lipinski definition) is 6. The molecule has 0 unspecified atom stereocenters. The molecule has 0 aliphatic carbocycles. The van der Waals surface area contributed by atoms with Gasteiger partial charge < -0.3 is 10.6 Å². The summed E-state index contributed by atoms with van der Waals surface area (Å²) in [5, 5.41) is 7.59. The Labute approximate surface area is 155 Å². The minimum atomic E-state index is -3.44. The third-order valence-corrected chi connectivity index (χ3v) is 6.54. The molecular formula is C16H18N4O4S2. The van der Waals surface area contributed by atoms with Crippen molar-refractivity contribution in [1.29, 1.82) is 0 Å². The van der Waals surface area contributed by atoms with E-state index in [0.29, 0.717) is 23.9 Å². The first kappa shape index (κ1) is 18.3. The van der Waals surface area contributed by atoms with E-state index in [0.717, 1.165) is 0 Å². The molecule has 3 rings (SSSR count). The second-order valence-electron chi connectivity index (χ2n) is 5.63. The Morgan fingerprint density at radius 1 is 1.38 bits per heavy atom. The molecule has 3 amide bonds. The van der Waals surface area contributed by atoms with Crippen molar-refractivity contribution in [3.8, 4) is 0 Å². The minimum Gasteiger partial charge on any atom is -0.336 e.